The molecule has 0 aromatic heterocycles. The number of rotatable bonds is 14. The van der Waals surface area contributed by atoms with Crippen LogP contribution in [0.4, 0.5) is 4.79 Å². The molecular weight excluding hydrogens is 613 g/mol. The Bertz CT molecular complexity index is 1650. The standard InChI is InChI=1S/C42H42N2O3S/c1-2-3-17-28-43-40(45)39(44-41(46)47-29-38-36-26-15-13-24-34(36)35-25-14-16-27-37(35)38)30-48-42(31-18-7-4-8-19-31,32-20-9-5-10-21-32)33-22-11-6-12-23-33/h4-16,18-27,38-39H,2-3,17,28-30H2,1H3,(H,43,45)(H,44,46). The monoisotopic (exact) mass is 654 g/mol. The van der Waals surface area contributed by atoms with Gasteiger partial charge in [0.2, 0.25) is 5.91 Å². The van der Waals surface area contributed by atoms with E-state index in [1.54, 1.807) is 11.8 Å². The van der Waals surface area contributed by atoms with Gasteiger partial charge >= 0.3 is 6.09 Å². The van der Waals surface area contributed by atoms with E-state index in [0.717, 1.165) is 47.1 Å². The number of unbranched alkanes of at least 4 members (excludes halogenated alkanes) is 2. The zero-order valence-electron chi connectivity index (χ0n) is 27.3. The van der Waals surface area contributed by atoms with Crippen LogP contribution in [0.25, 0.3) is 11.1 Å². The Morgan fingerprint density at radius 2 is 1.17 bits per heavy atom. The molecule has 48 heavy (non-hydrogen) atoms. The van der Waals surface area contributed by atoms with E-state index in [2.05, 4.69) is 78.2 Å². The van der Waals surface area contributed by atoms with Gasteiger partial charge in [0, 0.05) is 18.2 Å². The van der Waals surface area contributed by atoms with Crippen LogP contribution in [0.5, 0.6) is 0 Å². The molecule has 0 aliphatic heterocycles. The number of hydrogen-bond donors (Lipinski definition) is 2. The van der Waals surface area contributed by atoms with Crippen LogP contribution in [0.2, 0.25) is 0 Å². The number of thioether (sulfide) groups is 1. The fourth-order valence-corrected chi connectivity index (χ4v) is 8.21. The number of fused-ring (bicyclic) bond motifs is 3. The molecule has 1 aliphatic carbocycles. The second kappa shape index (κ2) is 15.9. The quantitative estimate of drug-likeness (QED) is 0.0927. The zero-order chi connectivity index (χ0) is 33.2. The third-order valence-electron chi connectivity index (χ3n) is 9.04. The highest BCUT2D eigenvalue weighted by molar-refractivity contribution is 8.00. The maximum absolute atomic E-state index is 13.8. The molecule has 5 nitrogen and oxygen atoms in total. The van der Waals surface area contributed by atoms with Gasteiger partial charge in [0.25, 0.3) is 0 Å². The molecule has 1 aliphatic rings. The van der Waals surface area contributed by atoms with Crippen molar-refractivity contribution in [2.45, 2.75) is 42.9 Å². The van der Waals surface area contributed by atoms with Gasteiger partial charge in [-0.2, -0.15) is 0 Å². The molecule has 6 rings (SSSR count). The Hall–Kier alpha value is -4.81. The Morgan fingerprint density at radius 3 is 1.67 bits per heavy atom. The van der Waals surface area contributed by atoms with Crippen molar-refractivity contribution in [3.8, 4) is 11.1 Å². The van der Waals surface area contributed by atoms with Gasteiger partial charge in [-0.15, -0.1) is 11.8 Å². The molecule has 1 atom stereocenters. The second-order valence-corrected chi connectivity index (χ2v) is 13.3. The van der Waals surface area contributed by atoms with Crippen molar-refractivity contribution < 1.29 is 14.3 Å². The minimum atomic E-state index is -0.817. The summed E-state index contributed by atoms with van der Waals surface area (Å²) >= 11 is 1.64. The Kier molecular flexibility index (Phi) is 10.9. The minimum absolute atomic E-state index is 0.0688. The summed E-state index contributed by atoms with van der Waals surface area (Å²) in [7, 11) is 0. The smallest absolute Gasteiger partial charge is 0.407 e. The number of alkyl carbamates (subject to hydrolysis) is 1. The largest absolute Gasteiger partial charge is 0.449 e. The molecule has 0 saturated heterocycles. The third-order valence-corrected chi connectivity index (χ3v) is 10.7. The van der Waals surface area contributed by atoms with Gasteiger partial charge in [-0.05, 0) is 45.4 Å². The summed E-state index contributed by atoms with van der Waals surface area (Å²) in [6.45, 7) is 2.87. The van der Waals surface area contributed by atoms with E-state index in [1.807, 2.05) is 78.9 Å². The Balaban J connectivity index is 1.26. The van der Waals surface area contributed by atoms with E-state index in [9.17, 15) is 9.59 Å². The molecule has 2 amide bonds. The first-order valence-corrected chi connectivity index (χ1v) is 17.8. The summed E-state index contributed by atoms with van der Waals surface area (Å²) in [5.74, 6) is 0.0404. The normalized spacial score (nSPS) is 12.9. The predicted molar refractivity (Wildman–Crippen MR) is 196 cm³/mol. The second-order valence-electron chi connectivity index (χ2n) is 12.1. The molecule has 0 radical (unpaired) electrons. The fourth-order valence-electron chi connectivity index (χ4n) is 6.65. The van der Waals surface area contributed by atoms with E-state index in [-0.39, 0.29) is 18.4 Å². The highest BCUT2D eigenvalue weighted by Crippen LogP contribution is 2.49. The predicted octanol–water partition coefficient (Wildman–Crippen LogP) is 8.93. The first-order valence-electron chi connectivity index (χ1n) is 16.8. The van der Waals surface area contributed by atoms with E-state index >= 15 is 0 Å². The van der Waals surface area contributed by atoms with Crippen molar-refractivity contribution in [1.29, 1.82) is 0 Å². The summed E-state index contributed by atoms with van der Waals surface area (Å²) < 4.78 is 5.28. The molecule has 0 fully saturated rings. The topological polar surface area (TPSA) is 67.4 Å². The van der Waals surface area contributed by atoms with Crippen LogP contribution in [0.15, 0.2) is 140 Å². The summed E-state index contributed by atoms with van der Waals surface area (Å²) in [5, 5.41) is 6.04. The van der Waals surface area contributed by atoms with Crippen molar-refractivity contribution >= 4 is 23.8 Å². The SMILES string of the molecule is CCCCCNC(=O)C(CSC(c1ccccc1)(c1ccccc1)c1ccccc1)NC(=O)OCC1c2ccccc2-c2ccccc21. The summed E-state index contributed by atoms with van der Waals surface area (Å²) in [6.07, 6.45) is 2.37. The number of ether oxygens (including phenoxy) is 1. The number of carbonyl (C=O) groups excluding carboxylic acids is 2. The van der Waals surface area contributed by atoms with Crippen LogP contribution in [-0.4, -0.2) is 36.9 Å². The van der Waals surface area contributed by atoms with Crippen LogP contribution in [0, 0.1) is 0 Å². The van der Waals surface area contributed by atoms with Crippen LogP contribution in [0.1, 0.15) is 59.9 Å². The Morgan fingerprint density at radius 1 is 0.688 bits per heavy atom. The van der Waals surface area contributed by atoms with Crippen molar-refractivity contribution in [1.82, 2.24) is 10.6 Å². The lowest BCUT2D eigenvalue weighted by Crippen LogP contribution is -2.49. The first kappa shape index (κ1) is 33.1. The van der Waals surface area contributed by atoms with Gasteiger partial charge in [0.15, 0.2) is 0 Å². The molecule has 0 heterocycles. The van der Waals surface area contributed by atoms with Crippen molar-refractivity contribution in [2.75, 3.05) is 18.9 Å². The van der Waals surface area contributed by atoms with E-state index < -0.39 is 16.9 Å². The Labute approximate surface area is 288 Å². The lowest BCUT2D eigenvalue weighted by Gasteiger charge is -2.36. The van der Waals surface area contributed by atoms with Crippen LogP contribution in [-0.2, 0) is 14.3 Å². The number of hydrogen-bond acceptors (Lipinski definition) is 4. The number of carbonyl (C=O) groups is 2. The lowest BCUT2D eigenvalue weighted by atomic mass is 9.84. The van der Waals surface area contributed by atoms with Gasteiger partial charge in [-0.25, -0.2) is 4.79 Å². The fraction of sp³-hybridized carbons (Fsp3) is 0.238. The summed E-state index contributed by atoms with van der Waals surface area (Å²) in [5.41, 5.74) is 7.90. The van der Waals surface area contributed by atoms with Crippen molar-refractivity contribution in [2.24, 2.45) is 0 Å². The maximum Gasteiger partial charge on any atom is 0.407 e. The van der Waals surface area contributed by atoms with Crippen molar-refractivity contribution in [3.05, 3.63) is 167 Å². The molecule has 6 heteroatoms. The zero-order valence-corrected chi connectivity index (χ0v) is 28.1. The molecule has 5 aromatic rings. The average molecular weight is 655 g/mol. The minimum Gasteiger partial charge on any atom is -0.449 e. The summed E-state index contributed by atoms with van der Waals surface area (Å²) in [6, 6.07) is 46.8. The molecule has 2 N–H and O–H groups in total. The van der Waals surface area contributed by atoms with Crippen LogP contribution < -0.4 is 10.6 Å². The molecule has 0 saturated carbocycles. The van der Waals surface area contributed by atoms with E-state index in [4.69, 9.17) is 4.74 Å². The maximum atomic E-state index is 13.8. The number of nitrogens with one attached hydrogen (secondary N) is 2. The van der Waals surface area contributed by atoms with Gasteiger partial charge < -0.3 is 15.4 Å². The highest BCUT2D eigenvalue weighted by atomic mass is 32.2. The average Bonchev–Trinajstić information content (AvgIpc) is 3.47. The number of amides is 2. The van der Waals surface area contributed by atoms with Crippen LogP contribution in [0.3, 0.4) is 0 Å². The molecular formula is C42H42N2O3S. The first-order chi connectivity index (χ1) is 23.6. The van der Waals surface area contributed by atoms with Crippen molar-refractivity contribution in [3.63, 3.8) is 0 Å². The van der Waals surface area contributed by atoms with Crippen LogP contribution >= 0.6 is 11.8 Å². The molecule has 244 valence electrons. The highest BCUT2D eigenvalue weighted by Gasteiger charge is 2.39. The number of benzene rings is 5. The van der Waals surface area contributed by atoms with E-state index in [0.29, 0.717) is 12.3 Å². The van der Waals surface area contributed by atoms with Gasteiger partial charge in [0.1, 0.15) is 12.6 Å². The molecule has 0 spiro atoms. The lowest BCUT2D eigenvalue weighted by molar-refractivity contribution is -0.122. The molecule has 0 bridgehead atoms. The van der Waals surface area contributed by atoms with E-state index in [1.165, 1.54) is 11.1 Å². The molecule has 1 unspecified atom stereocenters. The summed E-state index contributed by atoms with van der Waals surface area (Å²) in [4.78, 5) is 27.3. The van der Waals surface area contributed by atoms with Gasteiger partial charge in [0.05, 0.1) is 4.75 Å². The third kappa shape index (κ3) is 7.19. The van der Waals surface area contributed by atoms with Gasteiger partial charge in [-0.3, -0.25) is 4.79 Å². The van der Waals surface area contributed by atoms with Gasteiger partial charge in [-0.1, -0.05) is 159 Å². The molecule has 5 aromatic carbocycles.